The van der Waals surface area contributed by atoms with E-state index >= 15 is 0 Å². The molecule has 0 spiro atoms. The molecular weight excluding hydrogens is 224 g/mol. The lowest BCUT2D eigenvalue weighted by molar-refractivity contribution is -0.0926. The topological polar surface area (TPSA) is 24.5 Å². The van der Waals surface area contributed by atoms with E-state index in [-0.39, 0.29) is 5.60 Å². The predicted octanol–water partition coefficient (Wildman–Crippen LogP) is 2.41. The third kappa shape index (κ3) is 3.46. The van der Waals surface area contributed by atoms with Gasteiger partial charge < -0.3 is 15.0 Å². The van der Waals surface area contributed by atoms with E-state index in [1.165, 1.54) is 51.6 Å². The fourth-order valence-electron chi connectivity index (χ4n) is 3.28. The molecule has 0 aromatic heterocycles. The third-order valence-electron chi connectivity index (χ3n) is 4.89. The van der Waals surface area contributed by atoms with Crippen LogP contribution in [0, 0.1) is 0 Å². The van der Waals surface area contributed by atoms with Crippen LogP contribution in [-0.4, -0.2) is 49.3 Å². The molecule has 2 atom stereocenters. The maximum atomic E-state index is 5.77. The van der Waals surface area contributed by atoms with Crippen LogP contribution in [0.3, 0.4) is 0 Å². The summed E-state index contributed by atoms with van der Waals surface area (Å²) in [4.78, 5) is 2.64. The van der Waals surface area contributed by atoms with Gasteiger partial charge in [0.2, 0.25) is 0 Å². The molecule has 0 amide bonds. The number of methoxy groups -OCH3 is 1. The minimum absolute atomic E-state index is 0.192. The number of hydrogen-bond donors (Lipinski definition) is 1. The molecule has 106 valence electrons. The smallest absolute Gasteiger partial charge is 0.0805 e. The van der Waals surface area contributed by atoms with E-state index in [0.29, 0.717) is 12.1 Å². The molecule has 1 aliphatic carbocycles. The molecule has 18 heavy (non-hydrogen) atoms. The Bertz CT molecular complexity index is 247. The van der Waals surface area contributed by atoms with Crippen molar-refractivity contribution < 1.29 is 4.74 Å². The van der Waals surface area contributed by atoms with Gasteiger partial charge >= 0.3 is 0 Å². The van der Waals surface area contributed by atoms with Crippen molar-refractivity contribution in [3.05, 3.63) is 0 Å². The zero-order valence-corrected chi connectivity index (χ0v) is 12.4. The van der Waals surface area contributed by atoms with Gasteiger partial charge in [0.15, 0.2) is 0 Å². The average molecular weight is 254 g/mol. The van der Waals surface area contributed by atoms with Gasteiger partial charge in [0.25, 0.3) is 0 Å². The van der Waals surface area contributed by atoms with E-state index < -0.39 is 0 Å². The Balaban J connectivity index is 1.87. The highest BCUT2D eigenvalue weighted by molar-refractivity contribution is 4.93. The first-order valence-electron chi connectivity index (χ1n) is 7.71. The quantitative estimate of drug-likeness (QED) is 0.834. The van der Waals surface area contributed by atoms with E-state index in [4.69, 9.17) is 4.74 Å². The monoisotopic (exact) mass is 254 g/mol. The van der Waals surface area contributed by atoms with E-state index in [0.717, 1.165) is 6.54 Å². The predicted molar refractivity (Wildman–Crippen MR) is 75.9 cm³/mol. The van der Waals surface area contributed by atoms with Gasteiger partial charge in [-0.15, -0.1) is 0 Å². The first-order chi connectivity index (χ1) is 8.67. The van der Waals surface area contributed by atoms with Crippen molar-refractivity contribution >= 4 is 0 Å². The summed E-state index contributed by atoms with van der Waals surface area (Å²) in [5.74, 6) is 0. The summed E-state index contributed by atoms with van der Waals surface area (Å²) in [7, 11) is 1.89. The van der Waals surface area contributed by atoms with Gasteiger partial charge in [0.05, 0.1) is 5.60 Å². The van der Waals surface area contributed by atoms with Crippen molar-refractivity contribution in [1.82, 2.24) is 10.2 Å². The number of nitrogens with zero attached hydrogens (tertiary/aromatic N) is 1. The van der Waals surface area contributed by atoms with Gasteiger partial charge in [-0.25, -0.2) is 0 Å². The van der Waals surface area contributed by atoms with Crippen LogP contribution < -0.4 is 5.32 Å². The summed E-state index contributed by atoms with van der Waals surface area (Å²) in [6, 6.07) is 1.35. The van der Waals surface area contributed by atoms with Crippen LogP contribution in [-0.2, 0) is 4.74 Å². The molecule has 0 bridgehead atoms. The number of rotatable bonds is 4. The molecule has 2 aliphatic rings. The molecule has 1 saturated carbocycles. The summed E-state index contributed by atoms with van der Waals surface area (Å²) in [6.07, 6.45) is 7.64. The van der Waals surface area contributed by atoms with Crippen LogP contribution >= 0.6 is 0 Å². The molecule has 3 heteroatoms. The van der Waals surface area contributed by atoms with E-state index in [2.05, 4.69) is 24.1 Å². The summed E-state index contributed by atoms with van der Waals surface area (Å²) >= 11 is 0. The molecular formula is C15H30N2O. The lowest BCUT2D eigenvalue weighted by atomic mass is 9.79. The van der Waals surface area contributed by atoms with Crippen LogP contribution in [0.25, 0.3) is 0 Å². The van der Waals surface area contributed by atoms with Gasteiger partial charge in [-0.1, -0.05) is 6.92 Å². The van der Waals surface area contributed by atoms with Crippen molar-refractivity contribution in [2.45, 2.75) is 70.1 Å². The molecule has 1 heterocycles. The van der Waals surface area contributed by atoms with Crippen molar-refractivity contribution in [1.29, 1.82) is 0 Å². The maximum Gasteiger partial charge on any atom is 0.0805 e. The molecule has 0 radical (unpaired) electrons. The average Bonchev–Trinajstić information content (AvgIpc) is 2.31. The molecule has 1 N–H and O–H groups in total. The van der Waals surface area contributed by atoms with Gasteiger partial charge in [-0.3, -0.25) is 0 Å². The number of nitrogens with one attached hydrogen (secondary N) is 1. The van der Waals surface area contributed by atoms with Crippen LogP contribution in [0.4, 0.5) is 0 Å². The minimum atomic E-state index is 0.192. The summed E-state index contributed by atoms with van der Waals surface area (Å²) in [6.45, 7) is 8.20. The fourth-order valence-corrected chi connectivity index (χ4v) is 3.28. The fraction of sp³-hybridized carbons (Fsp3) is 1.00. The molecule has 1 aliphatic heterocycles. The van der Waals surface area contributed by atoms with Gasteiger partial charge in [0.1, 0.15) is 0 Å². The number of ether oxygens (including phenoxy) is 1. The highest BCUT2D eigenvalue weighted by atomic mass is 16.5. The second kappa shape index (κ2) is 6.36. The molecule has 2 unspecified atom stereocenters. The normalized spacial score (nSPS) is 33.5. The van der Waals surface area contributed by atoms with Crippen LogP contribution in [0.2, 0.25) is 0 Å². The maximum absolute atomic E-state index is 5.77. The summed E-state index contributed by atoms with van der Waals surface area (Å²) in [5.41, 5.74) is 0.192. The molecule has 0 aromatic rings. The summed E-state index contributed by atoms with van der Waals surface area (Å²) < 4.78 is 5.77. The van der Waals surface area contributed by atoms with E-state index in [1.54, 1.807) is 0 Å². The zero-order valence-electron chi connectivity index (χ0n) is 12.4. The van der Waals surface area contributed by atoms with E-state index in [1.807, 2.05) is 7.11 Å². The van der Waals surface area contributed by atoms with Crippen LogP contribution in [0.5, 0.6) is 0 Å². The van der Waals surface area contributed by atoms with Crippen LogP contribution in [0.1, 0.15) is 52.4 Å². The second-order valence-electron chi connectivity index (χ2n) is 6.27. The third-order valence-corrected chi connectivity index (χ3v) is 4.89. The highest BCUT2D eigenvalue weighted by Crippen LogP contribution is 2.35. The zero-order chi connectivity index (χ0) is 13.0. The van der Waals surface area contributed by atoms with Gasteiger partial charge in [-0.2, -0.15) is 0 Å². The second-order valence-corrected chi connectivity index (χ2v) is 6.27. The Kier molecular flexibility index (Phi) is 5.05. The van der Waals surface area contributed by atoms with Crippen molar-refractivity contribution in [2.24, 2.45) is 0 Å². The lowest BCUT2D eigenvalue weighted by Gasteiger charge is -2.45. The van der Waals surface area contributed by atoms with Crippen molar-refractivity contribution in [3.63, 3.8) is 0 Å². The van der Waals surface area contributed by atoms with Gasteiger partial charge in [0, 0.05) is 25.7 Å². The molecule has 1 saturated heterocycles. The Hall–Kier alpha value is -0.120. The Labute approximate surface area is 112 Å². The first kappa shape index (κ1) is 14.3. The molecule has 3 nitrogen and oxygen atoms in total. The van der Waals surface area contributed by atoms with E-state index in [9.17, 15) is 0 Å². The lowest BCUT2D eigenvalue weighted by Crippen LogP contribution is -2.52. The van der Waals surface area contributed by atoms with Crippen LogP contribution in [0.15, 0.2) is 0 Å². The highest BCUT2D eigenvalue weighted by Gasteiger charge is 2.38. The Morgan fingerprint density at radius 2 is 2.00 bits per heavy atom. The van der Waals surface area contributed by atoms with Crippen molar-refractivity contribution in [2.75, 3.05) is 26.7 Å². The molecule has 0 aromatic carbocycles. The molecule has 2 rings (SSSR count). The Morgan fingerprint density at radius 3 is 2.56 bits per heavy atom. The molecule has 2 fully saturated rings. The summed E-state index contributed by atoms with van der Waals surface area (Å²) in [5, 5.41) is 3.74. The number of hydrogen-bond acceptors (Lipinski definition) is 3. The Morgan fingerprint density at radius 1 is 1.28 bits per heavy atom. The largest absolute Gasteiger partial charge is 0.377 e. The first-order valence-corrected chi connectivity index (χ1v) is 7.71. The SMILES string of the molecule is CCC1CCN(CC2(OC)CCC2)CCC(C)N1. The van der Waals surface area contributed by atoms with Gasteiger partial charge in [-0.05, 0) is 58.5 Å². The standard InChI is InChI=1S/C15H30N2O/c1-4-14-7-11-17(10-6-13(2)16-14)12-15(18-3)8-5-9-15/h13-14,16H,4-12H2,1-3H3. The van der Waals surface area contributed by atoms with Crippen molar-refractivity contribution in [3.8, 4) is 0 Å². The minimum Gasteiger partial charge on any atom is -0.377 e.